The van der Waals surface area contributed by atoms with E-state index in [4.69, 9.17) is 16.3 Å². The van der Waals surface area contributed by atoms with E-state index in [9.17, 15) is 4.79 Å². The first-order chi connectivity index (χ1) is 7.10. The summed E-state index contributed by atoms with van der Waals surface area (Å²) in [5, 5.41) is 3.57. The normalized spacial score (nSPS) is 12.3. The Morgan fingerprint density at radius 2 is 2.20 bits per heavy atom. The lowest BCUT2D eigenvalue weighted by atomic mass is 10.0. The molecular weight excluding hydrogens is 214 g/mol. The minimum absolute atomic E-state index is 0.303. The molecule has 82 valence electrons. The Morgan fingerprint density at radius 1 is 1.53 bits per heavy atom. The van der Waals surface area contributed by atoms with Crippen LogP contribution in [0.2, 0.25) is 5.02 Å². The van der Waals surface area contributed by atoms with Crippen molar-refractivity contribution in [3.05, 3.63) is 34.3 Å². The van der Waals surface area contributed by atoms with Gasteiger partial charge in [0.2, 0.25) is 0 Å². The van der Waals surface area contributed by atoms with Gasteiger partial charge in [0.05, 0.1) is 7.11 Å². The van der Waals surface area contributed by atoms with Gasteiger partial charge in [-0.2, -0.15) is 0 Å². The van der Waals surface area contributed by atoms with Gasteiger partial charge in [0.1, 0.15) is 6.04 Å². The monoisotopic (exact) mass is 227 g/mol. The fourth-order valence-electron chi connectivity index (χ4n) is 1.48. The molecule has 1 rings (SSSR count). The molecule has 4 heteroatoms. The zero-order valence-electron chi connectivity index (χ0n) is 9.00. The van der Waals surface area contributed by atoms with Gasteiger partial charge < -0.3 is 10.1 Å². The average molecular weight is 228 g/mol. The second-order valence-electron chi connectivity index (χ2n) is 3.25. The quantitative estimate of drug-likeness (QED) is 0.804. The SMILES string of the molecule is CNC(C(=O)OC)c1ccc(Cl)cc1C. The predicted molar refractivity (Wildman–Crippen MR) is 60.0 cm³/mol. The number of esters is 1. The van der Waals surface area contributed by atoms with E-state index in [2.05, 4.69) is 5.32 Å². The van der Waals surface area contributed by atoms with Crippen LogP contribution in [0.3, 0.4) is 0 Å². The molecule has 1 N–H and O–H groups in total. The molecule has 0 fully saturated rings. The zero-order chi connectivity index (χ0) is 11.4. The van der Waals surface area contributed by atoms with Crippen LogP contribution in [-0.2, 0) is 9.53 Å². The van der Waals surface area contributed by atoms with Gasteiger partial charge in [-0.15, -0.1) is 0 Å². The van der Waals surface area contributed by atoms with Crippen LogP contribution in [0.5, 0.6) is 0 Å². The van der Waals surface area contributed by atoms with Crippen LogP contribution >= 0.6 is 11.6 Å². The standard InChI is InChI=1S/C11H14ClNO2/c1-7-6-8(12)4-5-9(7)10(13-2)11(14)15-3/h4-6,10,13H,1-3H3. The van der Waals surface area contributed by atoms with Gasteiger partial charge in [0.15, 0.2) is 0 Å². The van der Waals surface area contributed by atoms with Crippen LogP contribution < -0.4 is 5.32 Å². The van der Waals surface area contributed by atoms with E-state index in [1.54, 1.807) is 13.1 Å². The van der Waals surface area contributed by atoms with E-state index >= 15 is 0 Å². The Bertz CT molecular complexity index is 366. The molecule has 0 saturated carbocycles. The third-order valence-electron chi connectivity index (χ3n) is 2.27. The smallest absolute Gasteiger partial charge is 0.327 e. The van der Waals surface area contributed by atoms with Crippen molar-refractivity contribution in [1.29, 1.82) is 0 Å². The lowest BCUT2D eigenvalue weighted by Crippen LogP contribution is -2.27. The maximum absolute atomic E-state index is 11.5. The number of methoxy groups -OCH3 is 1. The van der Waals surface area contributed by atoms with Crippen molar-refractivity contribution in [2.75, 3.05) is 14.2 Å². The summed E-state index contributed by atoms with van der Waals surface area (Å²) < 4.78 is 4.71. The second kappa shape index (κ2) is 5.14. The van der Waals surface area contributed by atoms with Crippen LogP contribution in [0, 0.1) is 6.92 Å². The number of benzene rings is 1. The Hall–Kier alpha value is -1.06. The van der Waals surface area contributed by atoms with E-state index in [-0.39, 0.29) is 5.97 Å². The number of carbonyl (C=O) groups excluding carboxylic acids is 1. The van der Waals surface area contributed by atoms with Crippen molar-refractivity contribution >= 4 is 17.6 Å². The highest BCUT2D eigenvalue weighted by atomic mass is 35.5. The molecule has 0 aromatic heterocycles. The van der Waals surface area contributed by atoms with Gasteiger partial charge in [-0.1, -0.05) is 17.7 Å². The molecule has 0 amide bonds. The molecule has 0 saturated heterocycles. The first kappa shape index (κ1) is 12.0. The number of hydrogen-bond donors (Lipinski definition) is 1. The van der Waals surface area contributed by atoms with Gasteiger partial charge in [0, 0.05) is 5.02 Å². The van der Waals surface area contributed by atoms with Crippen molar-refractivity contribution in [2.24, 2.45) is 0 Å². The van der Waals surface area contributed by atoms with Crippen LogP contribution in [0.1, 0.15) is 17.2 Å². The molecule has 3 nitrogen and oxygen atoms in total. The summed E-state index contributed by atoms with van der Waals surface area (Å²) in [6, 6.07) is 4.98. The van der Waals surface area contributed by atoms with Gasteiger partial charge >= 0.3 is 5.97 Å². The minimum atomic E-state index is -0.438. The van der Waals surface area contributed by atoms with Gasteiger partial charge in [0.25, 0.3) is 0 Å². The van der Waals surface area contributed by atoms with Crippen molar-refractivity contribution in [1.82, 2.24) is 5.32 Å². The largest absolute Gasteiger partial charge is 0.468 e. The molecular formula is C11H14ClNO2. The number of carbonyl (C=O) groups is 1. The average Bonchev–Trinajstić information content (AvgIpc) is 2.21. The highest BCUT2D eigenvalue weighted by Crippen LogP contribution is 2.21. The molecule has 0 aliphatic carbocycles. The zero-order valence-corrected chi connectivity index (χ0v) is 9.76. The van der Waals surface area contributed by atoms with E-state index < -0.39 is 6.04 Å². The minimum Gasteiger partial charge on any atom is -0.468 e. The number of ether oxygens (including phenoxy) is 1. The number of rotatable bonds is 3. The van der Waals surface area contributed by atoms with Crippen molar-refractivity contribution < 1.29 is 9.53 Å². The van der Waals surface area contributed by atoms with Crippen molar-refractivity contribution in [3.8, 4) is 0 Å². The molecule has 1 aromatic rings. The molecule has 0 aliphatic rings. The summed E-state index contributed by atoms with van der Waals surface area (Å²) in [4.78, 5) is 11.5. The van der Waals surface area contributed by atoms with E-state index in [1.165, 1.54) is 7.11 Å². The molecule has 15 heavy (non-hydrogen) atoms. The van der Waals surface area contributed by atoms with E-state index in [0.29, 0.717) is 5.02 Å². The van der Waals surface area contributed by atoms with Crippen LogP contribution in [0.25, 0.3) is 0 Å². The van der Waals surface area contributed by atoms with E-state index in [0.717, 1.165) is 11.1 Å². The Balaban J connectivity index is 3.07. The van der Waals surface area contributed by atoms with Crippen LogP contribution in [0.4, 0.5) is 0 Å². The lowest BCUT2D eigenvalue weighted by Gasteiger charge is -2.16. The third kappa shape index (κ3) is 2.70. The van der Waals surface area contributed by atoms with Gasteiger partial charge in [-0.3, -0.25) is 0 Å². The fraction of sp³-hybridized carbons (Fsp3) is 0.364. The van der Waals surface area contributed by atoms with Crippen LogP contribution in [-0.4, -0.2) is 20.1 Å². The number of aryl methyl sites for hydroxylation is 1. The number of hydrogen-bond acceptors (Lipinski definition) is 3. The van der Waals surface area contributed by atoms with Crippen LogP contribution in [0.15, 0.2) is 18.2 Å². The highest BCUT2D eigenvalue weighted by Gasteiger charge is 2.20. The number of halogens is 1. The summed E-state index contributed by atoms with van der Waals surface area (Å²) in [5.74, 6) is -0.303. The maximum atomic E-state index is 11.5. The molecule has 0 radical (unpaired) electrons. The maximum Gasteiger partial charge on any atom is 0.327 e. The van der Waals surface area contributed by atoms with Gasteiger partial charge in [-0.25, -0.2) is 4.79 Å². The summed E-state index contributed by atoms with van der Waals surface area (Å²) in [7, 11) is 3.09. The molecule has 0 heterocycles. The van der Waals surface area contributed by atoms with Crippen molar-refractivity contribution in [2.45, 2.75) is 13.0 Å². The number of likely N-dealkylation sites (N-methyl/N-ethyl adjacent to an activating group) is 1. The Labute approximate surface area is 94.4 Å². The first-order valence-corrected chi connectivity index (χ1v) is 4.99. The van der Waals surface area contributed by atoms with Gasteiger partial charge in [-0.05, 0) is 37.2 Å². The first-order valence-electron chi connectivity index (χ1n) is 4.61. The Morgan fingerprint density at radius 3 is 2.67 bits per heavy atom. The Kier molecular flexibility index (Phi) is 4.12. The second-order valence-corrected chi connectivity index (χ2v) is 3.68. The molecule has 0 bridgehead atoms. The molecule has 1 unspecified atom stereocenters. The number of nitrogens with one attached hydrogen (secondary N) is 1. The highest BCUT2D eigenvalue weighted by molar-refractivity contribution is 6.30. The summed E-state index contributed by atoms with van der Waals surface area (Å²) in [6.45, 7) is 1.91. The predicted octanol–water partition coefficient (Wildman–Crippen LogP) is 2.08. The summed E-state index contributed by atoms with van der Waals surface area (Å²) in [5.41, 5.74) is 1.85. The molecule has 1 atom stereocenters. The lowest BCUT2D eigenvalue weighted by molar-refractivity contribution is -0.143. The summed E-state index contributed by atoms with van der Waals surface area (Å²) >= 11 is 5.84. The van der Waals surface area contributed by atoms with Crippen molar-refractivity contribution in [3.63, 3.8) is 0 Å². The topological polar surface area (TPSA) is 38.3 Å². The molecule has 0 aliphatic heterocycles. The fourth-order valence-corrected chi connectivity index (χ4v) is 1.71. The molecule has 1 aromatic carbocycles. The molecule has 0 spiro atoms. The van der Waals surface area contributed by atoms with E-state index in [1.807, 2.05) is 19.1 Å². The summed E-state index contributed by atoms with van der Waals surface area (Å²) in [6.07, 6.45) is 0. The third-order valence-corrected chi connectivity index (χ3v) is 2.50.